The van der Waals surface area contributed by atoms with Crippen molar-refractivity contribution in [1.29, 1.82) is 0 Å². The fraction of sp³-hybridized carbons (Fsp3) is 0.286. The first-order valence-electron chi connectivity index (χ1n) is 6.24. The lowest BCUT2D eigenvalue weighted by Gasteiger charge is -2.08. The first-order chi connectivity index (χ1) is 9.63. The molecule has 0 aliphatic rings. The Bertz CT molecular complexity index is 613. The number of esters is 1. The number of halogens is 1. The summed E-state index contributed by atoms with van der Waals surface area (Å²) in [6, 6.07) is 7.58. The summed E-state index contributed by atoms with van der Waals surface area (Å²) in [4.78, 5) is 11.9. The van der Waals surface area contributed by atoms with Crippen LogP contribution < -0.4 is 5.32 Å². The van der Waals surface area contributed by atoms with Gasteiger partial charge in [-0.2, -0.15) is 4.37 Å². The summed E-state index contributed by atoms with van der Waals surface area (Å²) in [5, 5.41) is 4.60. The van der Waals surface area contributed by atoms with Crippen molar-refractivity contribution >= 4 is 34.1 Å². The highest BCUT2D eigenvalue weighted by Crippen LogP contribution is 2.26. The van der Waals surface area contributed by atoms with Gasteiger partial charge in [0.1, 0.15) is 10.6 Å². The largest absolute Gasteiger partial charge is 0.462 e. The number of rotatable bonds is 5. The number of carbonyl (C=O) groups excluding carboxylic acids is 1. The van der Waals surface area contributed by atoms with Crippen molar-refractivity contribution in [3.05, 3.63) is 46.1 Å². The minimum absolute atomic E-state index is 0.345. The van der Waals surface area contributed by atoms with Gasteiger partial charge in [0, 0.05) is 11.6 Å². The van der Waals surface area contributed by atoms with E-state index in [4.69, 9.17) is 16.3 Å². The summed E-state index contributed by atoms with van der Waals surface area (Å²) >= 11 is 7.35. The monoisotopic (exact) mass is 310 g/mol. The number of ether oxygens (including phenoxy) is 1. The van der Waals surface area contributed by atoms with Gasteiger partial charge in [-0.05, 0) is 37.0 Å². The normalized spacial score (nSPS) is 10.3. The van der Waals surface area contributed by atoms with Crippen LogP contribution in [0.25, 0.3) is 0 Å². The van der Waals surface area contributed by atoms with Crippen LogP contribution in [0.5, 0.6) is 0 Å². The maximum absolute atomic E-state index is 11.9. The van der Waals surface area contributed by atoms with Gasteiger partial charge in [-0.15, -0.1) is 0 Å². The third kappa shape index (κ3) is 3.29. The lowest BCUT2D eigenvalue weighted by atomic mass is 10.2. The van der Waals surface area contributed by atoms with E-state index in [1.807, 2.05) is 24.3 Å². The predicted molar refractivity (Wildman–Crippen MR) is 81.6 cm³/mol. The van der Waals surface area contributed by atoms with E-state index in [9.17, 15) is 4.79 Å². The Hall–Kier alpha value is -1.59. The van der Waals surface area contributed by atoms with E-state index in [1.165, 1.54) is 11.5 Å². The second kappa shape index (κ2) is 6.72. The molecule has 0 atom stereocenters. The van der Waals surface area contributed by atoms with Gasteiger partial charge in [-0.3, -0.25) is 0 Å². The van der Waals surface area contributed by atoms with E-state index in [2.05, 4.69) is 9.69 Å². The summed E-state index contributed by atoms with van der Waals surface area (Å²) < 4.78 is 9.25. The molecular formula is C14H15ClN2O2S. The van der Waals surface area contributed by atoms with Crippen molar-refractivity contribution < 1.29 is 9.53 Å². The lowest BCUT2D eigenvalue weighted by Crippen LogP contribution is -2.09. The van der Waals surface area contributed by atoms with Gasteiger partial charge in [0.2, 0.25) is 0 Å². The molecule has 6 heteroatoms. The maximum atomic E-state index is 11.9. The highest BCUT2D eigenvalue weighted by atomic mass is 35.5. The summed E-state index contributed by atoms with van der Waals surface area (Å²) in [7, 11) is 0. The standard InChI is InChI=1S/C14H15ClN2O2S/c1-3-19-14(18)12-9(2)17-20-13(12)16-8-10-6-4-5-7-11(10)15/h4-7,16H,3,8H2,1-2H3. The van der Waals surface area contributed by atoms with Gasteiger partial charge >= 0.3 is 5.97 Å². The number of carbonyl (C=O) groups is 1. The predicted octanol–water partition coefficient (Wildman–Crippen LogP) is 3.89. The molecule has 1 aromatic carbocycles. The molecule has 106 valence electrons. The highest BCUT2D eigenvalue weighted by molar-refractivity contribution is 7.10. The van der Waals surface area contributed by atoms with E-state index >= 15 is 0 Å². The van der Waals surface area contributed by atoms with Crippen LogP contribution in [0.4, 0.5) is 5.00 Å². The summed E-state index contributed by atoms with van der Waals surface area (Å²) in [5.41, 5.74) is 2.15. The van der Waals surface area contributed by atoms with Gasteiger partial charge in [0.15, 0.2) is 0 Å². The Morgan fingerprint density at radius 2 is 2.20 bits per heavy atom. The van der Waals surface area contributed by atoms with Crippen molar-refractivity contribution in [3.63, 3.8) is 0 Å². The molecule has 1 aromatic heterocycles. The van der Waals surface area contributed by atoms with Crippen LogP contribution in [0.2, 0.25) is 5.02 Å². The third-order valence-electron chi connectivity index (χ3n) is 2.74. The SMILES string of the molecule is CCOC(=O)c1c(C)nsc1NCc1ccccc1Cl. The van der Waals surface area contributed by atoms with E-state index in [-0.39, 0.29) is 5.97 Å². The Labute approximate surface area is 126 Å². The van der Waals surface area contributed by atoms with Crippen LogP contribution in [0.1, 0.15) is 28.5 Å². The van der Waals surface area contributed by atoms with Gasteiger partial charge < -0.3 is 10.1 Å². The molecule has 2 rings (SSSR count). The molecule has 20 heavy (non-hydrogen) atoms. The number of benzene rings is 1. The molecule has 0 saturated carbocycles. The number of aryl methyl sites for hydroxylation is 1. The van der Waals surface area contributed by atoms with Crippen LogP contribution >= 0.6 is 23.1 Å². The zero-order chi connectivity index (χ0) is 14.5. The molecule has 0 aliphatic heterocycles. The number of anilines is 1. The maximum Gasteiger partial charge on any atom is 0.343 e. The zero-order valence-corrected chi connectivity index (χ0v) is 12.8. The molecule has 0 amide bonds. The van der Waals surface area contributed by atoms with Crippen molar-refractivity contribution in [2.45, 2.75) is 20.4 Å². The lowest BCUT2D eigenvalue weighted by molar-refractivity contribution is 0.0527. The van der Waals surface area contributed by atoms with E-state index in [1.54, 1.807) is 13.8 Å². The van der Waals surface area contributed by atoms with Crippen LogP contribution in [0.15, 0.2) is 24.3 Å². The molecule has 0 spiro atoms. The third-order valence-corrected chi connectivity index (χ3v) is 4.00. The second-order valence-corrected chi connectivity index (χ2v) is 5.32. The van der Waals surface area contributed by atoms with Crippen LogP contribution in [0, 0.1) is 6.92 Å². The molecule has 0 aliphatic carbocycles. The molecule has 1 heterocycles. The average Bonchev–Trinajstić information content (AvgIpc) is 2.79. The number of hydrogen-bond donors (Lipinski definition) is 1. The first kappa shape index (κ1) is 14.8. The van der Waals surface area contributed by atoms with Crippen molar-refractivity contribution in [1.82, 2.24) is 4.37 Å². The van der Waals surface area contributed by atoms with Gasteiger partial charge in [0.25, 0.3) is 0 Å². The number of hydrogen-bond acceptors (Lipinski definition) is 5. The van der Waals surface area contributed by atoms with E-state index in [0.29, 0.717) is 34.4 Å². The molecule has 0 saturated heterocycles. The second-order valence-electron chi connectivity index (χ2n) is 4.14. The topological polar surface area (TPSA) is 51.2 Å². The molecule has 4 nitrogen and oxygen atoms in total. The smallest absolute Gasteiger partial charge is 0.343 e. The number of nitrogens with zero attached hydrogens (tertiary/aromatic N) is 1. The molecule has 2 aromatic rings. The van der Waals surface area contributed by atoms with Crippen molar-refractivity contribution in [2.75, 3.05) is 11.9 Å². The molecule has 0 bridgehead atoms. The Kier molecular flexibility index (Phi) is 4.98. The minimum Gasteiger partial charge on any atom is -0.462 e. The molecule has 0 radical (unpaired) electrons. The molecule has 0 fully saturated rings. The Morgan fingerprint density at radius 1 is 1.45 bits per heavy atom. The van der Waals surface area contributed by atoms with Gasteiger partial charge in [0.05, 0.1) is 12.3 Å². The van der Waals surface area contributed by atoms with Gasteiger partial charge in [-0.1, -0.05) is 29.8 Å². The average molecular weight is 311 g/mol. The number of nitrogens with one attached hydrogen (secondary N) is 1. The fourth-order valence-electron chi connectivity index (χ4n) is 1.75. The van der Waals surface area contributed by atoms with Gasteiger partial charge in [-0.25, -0.2) is 4.79 Å². The number of aromatic nitrogens is 1. The summed E-state index contributed by atoms with van der Waals surface area (Å²) in [6.07, 6.45) is 0. The highest BCUT2D eigenvalue weighted by Gasteiger charge is 2.19. The Balaban J connectivity index is 2.14. The van der Waals surface area contributed by atoms with Crippen LogP contribution in [-0.2, 0) is 11.3 Å². The summed E-state index contributed by atoms with van der Waals surface area (Å²) in [5.74, 6) is -0.347. The van der Waals surface area contributed by atoms with Crippen molar-refractivity contribution in [2.24, 2.45) is 0 Å². The molecule has 0 unspecified atom stereocenters. The zero-order valence-electron chi connectivity index (χ0n) is 11.3. The van der Waals surface area contributed by atoms with E-state index in [0.717, 1.165) is 5.56 Å². The Morgan fingerprint density at radius 3 is 2.90 bits per heavy atom. The molecule has 1 N–H and O–H groups in total. The quantitative estimate of drug-likeness (QED) is 0.851. The van der Waals surface area contributed by atoms with Crippen LogP contribution in [0.3, 0.4) is 0 Å². The first-order valence-corrected chi connectivity index (χ1v) is 7.39. The van der Waals surface area contributed by atoms with E-state index < -0.39 is 0 Å². The fourth-order valence-corrected chi connectivity index (χ4v) is 2.73. The molecular weight excluding hydrogens is 296 g/mol. The van der Waals surface area contributed by atoms with Crippen LogP contribution in [-0.4, -0.2) is 16.9 Å². The van der Waals surface area contributed by atoms with Crippen molar-refractivity contribution in [3.8, 4) is 0 Å². The summed E-state index contributed by atoms with van der Waals surface area (Å²) in [6.45, 7) is 4.46. The minimum atomic E-state index is -0.347.